The fraction of sp³-hybridized carbons (Fsp3) is 0.308. The highest BCUT2D eigenvalue weighted by Crippen LogP contribution is 2.44. The summed E-state index contributed by atoms with van der Waals surface area (Å²) in [4.78, 5) is 12.2. The van der Waals surface area contributed by atoms with E-state index >= 15 is 4.39 Å². The second-order valence-corrected chi connectivity index (χ2v) is 9.80. The molecule has 0 spiro atoms. The van der Waals surface area contributed by atoms with Crippen molar-refractivity contribution in [1.82, 2.24) is 34.7 Å². The van der Waals surface area contributed by atoms with Gasteiger partial charge in [0, 0.05) is 31.9 Å². The number of methoxy groups -OCH3 is 1. The van der Waals surface area contributed by atoms with Crippen LogP contribution in [0.1, 0.15) is 5.69 Å². The SMILES string of the molecule is COc1cccc(F)c1-c1nc(-c2c(C)nn3ccc(OCCN4CCOCC4)cc23)sc1-c1ncn[nH]1. The zero-order valence-electron chi connectivity index (χ0n) is 21.0. The van der Waals surface area contributed by atoms with Crippen LogP contribution >= 0.6 is 11.3 Å². The predicted octanol–water partition coefficient (Wildman–Crippen LogP) is 4.08. The Morgan fingerprint density at radius 1 is 1.18 bits per heavy atom. The Hall–Kier alpha value is -3.87. The number of nitrogens with one attached hydrogen (secondary N) is 1. The van der Waals surface area contributed by atoms with Gasteiger partial charge in [-0.2, -0.15) is 10.2 Å². The van der Waals surface area contributed by atoms with Crippen LogP contribution in [0.3, 0.4) is 0 Å². The van der Waals surface area contributed by atoms with Crippen LogP contribution in [0.5, 0.6) is 11.5 Å². The van der Waals surface area contributed by atoms with Gasteiger partial charge in [0.25, 0.3) is 0 Å². The van der Waals surface area contributed by atoms with Crippen LogP contribution in [0, 0.1) is 12.7 Å². The molecule has 0 aliphatic carbocycles. The lowest BCUT2D eigenvalue weighted by Gasteiger charge is -2.26. The molecule has 0 unspecified atom stereocenters. The van der Waals surface area contributed by atoms with Crippen molar-refractivity contribution >= 4 is 16.9 Å². The normalized spacial score (nSPS) is 14.3. The van der Waals surface area contributed by atoms with Crippen LogP contribution < -0.4 is 9.47 Å². The van der Waals surface area contributed by atoms with E-state index in [0.717, 1.165) is 55.4 Å². The molecular weight excluding hydrogens is 509 g/mol. The zero-order valence-corrected chi connectivity index (χ0v) is 21.8. The number of aromatic amines is 1. The van der Waals surface area contributed by atoms with Crippen molar-refractivity contribution in [2.24, 2.45) is 0 Å². The average Bonchev–Trinajstić information content (AvgIpc) is 3.67. The average molecular weight is 536 g/mol. The van der Waals surface area contributed by atoms with Crippen LogP contribution in [0.4, 0.5) is 4.39 Å². The molecule has 0 atom stereocenters. The van der Waals surface area contributed by atoms with Crippen LogP contribution in [-0.4, -0.2) is 81.2 Å². The van der Waals surface area contributed by atoms with E-state index in [1.807, 2.05) is 25.3 Å². The van der Waals surface area contributed by atoms with Gasteiger partial charge in [-0.3, -0.25) is 10.00 Å². The Kier molecular flexibility index (Phi) is 6.75. The molecule has 196 valence electrons. The van der Waals surface area contributed by atoms with E-state index in [1.165, 1.54) is 30.8 Å². The van der Waals surface area contributed by atoms with Gasteiger partial charge < -0.3 is 14.2 Å². The Morgan fingerprint density at radius 3 is 2.84 bits per heavy atom. The lowest BCUT2D eigenvalue weighted by molar-refractivity contribution is 0.0322. The molecule has 1 aliphatic heterocycles. The molecule has 1 aromatic carbocycles. The fourth-order valence-corrected chi connectivity index (χ4v) is 5.72. The van der Waals surface area contributed by atoms with Gasteiger partial charge in [-0.05, 0) is 25.1 Å². The van der Waals surface area contributed by atoms with E-state index in [1.54, 1.807) is 16.6 Å². The topological polar surface area (TPSA) is 103 Å². The summed E-state index contributed by atoms with van der Waals surface area (Å²) in [6.45, 7) is 6.69. The number of morpholine rings is 1. The molecule has 0 radical (unpaired) electrons. The number of aryl methyl sites for hydroxylation is 1. The third-order valence-corrected chi connectivity index (χ3v) is 7.54. The van der Waals surface area contributed by atoms with Crippen molar-refractivity contribution in [3.05, 3.63) is 54.4 Å². The van der Waals surface area contributed by atoms with Gasteiger partial charge in [-0.25, -0.2) is 18.9 Å². The summed E-state index contributed by atoms with van der Waals surface area (Å²) in [6.07, 6.45) is 3.29. The van der Waals surface area contributed by atoms with E-state index in [9.17, 15) is 0 Å². The van der Waals surface area contributed by atoms with Crippen LogP contribution in [-0.2, 0) is 4.74 Å². The van der Waals surface area contributed by atoms with Crippen molar-refractivity contribution in [2.45, 2.75) is 6.92 Å². The lowest BCUT2D eigenvalue weighted by atomic mass is 10.1. The summed E-state index contributed by atoms with van der Waals surface area (Å²) < 4.78 is 33.9. The first-order chi connectivity index (χ1) is 18.6. The second-order valence-electron chi connectivity index (χ2n) is 8.80. The smallest absolute Gasteiger partial charge is 0.167 e. The number of fused-ring (bicyclic) bond motifs is 1. The van der Waals surface area contributed by atoms with Crippen molar-refractivity contribution in [2.75, 3.05) is 46.6 Å². The standard InChI is InChI=1S/C26H26FN7O3S/c1-16-21(19-14-17(6-7-34(19)32-16)37-13-10-33-8-11-36-12-9-33)26-30-23(24(38-26)25-28-15-29-31-25)22-18(27)4-3-5-20(22)35-2/h3-7,14-15H,8-13H2,1-2H3,(H,28,29,31). The number of pyridine rings is 1. The molecule has 10 nitrogen and oxygen atoms in total. The van der Waals surface area contributed by atoms with E-state index in [2.05, 4.69) is 25.2 Å². The number of benzene rings is 1. The van der Waals surface area contributed by atoms with E-state index < -0.39 is 5.82 Å². The van der Waals surface area contributed by atoms with E-state index in [4.69, 9.17) is 19.2 Å². The summed E-state index contributed by atoms with van der Waals surface area (Å²) in [5, 5.41) is 12.2. The molecule has 0 amide bonds. The minimum atomic E-state index is -0.436. The van der Waals surface area contributed by atoms with Gasteiger partial charge >= 0.3 is 0 Å². The van der Waals surface area contributed by atoms with Crippen LogP contribution in [0.2, 0.25) is 0 Å². The minimum Gasteiger partial charge on any atom is -0.496 e. The minimum absolute atomic E-state index is 0.269. The molecule has 12 heteroatoms. The van der Waals surface area contributed by atoms with Crippen molar-refractivity contribution in [3.63, 3.8) is 0 Å². The molecular formula is C26H26FN7O3S. The molecule has 1 saturated heterocycles. The molecule has 5 aromatic rings. The van der Waals surface area contributed by atoms with Crippen LogP contribution in [0.25, 0.3) is 38.0 Å². The first-order valence-corrected chi connectivity index (χ1v) is 13.1. The quantitative estimate of drug-likeness (QED) is 0.317. The summed E-state index contributed by atoms with van der Waals surface area (Å²) in [7, 11) is 1.51. The molecule has 38 heavy (non-hydrogen) atoms. The van der Waals surface area contributed by atoms with Crippen LogP contribution in [0.15, 0.2) is 42.9 Å². The van der Waals surface area contributed by atoms with Gasteiger partial charge in [0.1, 0.15) is 35.3 Å². The largest absolute Gasteiger partial charge is 0.496 e. The van der Waals surface area contributed by atoms with Crippen molar-refractivity contribution in [3.8, 4) is 44.0 Å². The number of ether oxygens (including phenoxy) is 3. The summed E-state index contributed by atoms with van der Waals surface area (Å²) in [5.41, 5.74) is 3.17. The number of nitrogens with zero attached hydrogens (tertiary/aromatic N) is 6. The number of rotatable bonds is 8. The highest BCUT2D eigenvalue weighted by molar-refractivity contribution is 7.19. The van der Waals surface area contributed by atoms with Crippen molar-refractivity contribution in [1.29, 1.82) is 0 Å². The molecule has 0 saturated carbocycles. The van der Waals surface area contributed by atoms with Gasteiger partial charge in [0.2, 0.25) is 0 Å². The molecule has 1 N–H and O–H groups in total. The number of thiazole rings is 1. The summed E-state index contributed by atoms with van der Waals surface area (Å²) in [5.74, 6) is 1.19. The molecule has 6 rings (SSSR count). The molecule has 1 fully saturated rings. The molecule has 5 heterocycles. The number of hydrogen-bond acceptors (Lipinski definition) is 9. The maximum absolute atomic E-state index is 15.1. The predicted molar refractivity (Wildman–Crippen MR) is 141 cm³/mol. The molecule has 1 aliphatic rings. The summed E-state index contributed by atoms with van der Waals surface area (Å²) >= 11 is 1.39. The number of hydrogen-bond donors (Lipinski definition) is 1. The number of halogens is 1. The van der Waals surface area contributed by atoms with Gasteiger partial charge in [-0.1, -0.05) is 6.07 Å². The lowest BCUT2D eigenvalue weighted by Crippen LogP contribution is -2.38. The second kappa shape index (κ2) is 10.5. The third-order valence-electron chi connectivity index (χ3n) is 6.46. The monoisotopic (exact) mass is 535 g/mol. The number of H-pyrrole nitrogens is 1. The Labute approximate surface area is 222 Å². The third kappa shape index (κ3) is 4.62. The van der Waals surface area contributed by atoms with Gasteiger partial charge in [0.05, 0.1) is 53.2 Å². The first-order valence-electron chi connectivity index (χ1n) is 12.2. The summed E-state index contributed by atoms with van der Waals surface area (Å²) in [6, 6.07) is 8.58. The fourth-order valence-electron chi connectivity index (χ4n) is 4.59. The Bertz CT molecular complexity index is 1560. The first kappa shape index (κ1) is 24.5. The number of aromatic nitrogens is 6. The van der Waals surface area contributed by atoms with Gasteiger partial charge in [0.15, 0.2) is 5.82 Å². The van der Waals surface area contributed by atoms with E-state index in [-0.39, 0.29) is 5.56 Å². The van der Waals surface area contributed by atoms with Gasteiger partial charge in [-0.15, -0.1) is 11.3 Å². The Morgan fingerprint density at radius 2 is 2.05 bits per heavy atom. The Balaban J connectivity index is 1.39. The maximum Gasteiger partial charge on any atom is 0.167 e. The highest BCUT2D eigenvalue weighted by Gasteiger charge is 2.26. The maximum atomic E-state index is 15.1. The molecule has 4 aromatic heterocycles. The zero-order chi connectivity index (χ0) is 26.1. The molecule has 0 bridgehead atoms. The highest BCUT2D eigenvalue weighted by atomic mass is 32.1. The van der Waals surface area contributed by atoms with E-state index in [0.29, 0.717) is 33.8 Å². The van der Waals surface area contributed by atoms with Crippen molar-refractivity contribution < 1.29 is 18.6 Å².